The number of esters is 2. The Hall–Kier alpha value is -4.89. The average molecular weight is 1120 g/mol. The molecule has 448 valence electrons. The molecular formula is C70H110NO8P. The number of hydrogen-bond donors (Lipinski definition) is 0. The molecule has 80 heavy (non-hydrogen) atoms. The van der Waals surface area contributed by atoms with E-state index in [-0.39, 0.29) is 26.1 Å². The van der Waals surface area contributed by atoms with Gasteiger partial charge in [0.25, 0.3) is 7.82 Å². The quantitative estimate of drug-likeness (QED) is 0.0195. The summed E-state index contributed by atoms with van der Waals surface area (Å²) in [7, 11) is 1.11. The van der Waals surface area contributed by atoms with E-state index in [1.54, 1.807) is 0 Å². The third-order valence-corrected chi connectivity index (χ3v) is 12.9. The van der Waals surface area contributed by atoms with Gasteiger partial charge in [-0.1, -0.05) is 228 Å². The number of quaternary nitrogens is 1. The number of carbonyl (C=O) groups is 2. The fourth-order valence-electron chi connectivity index (χ4n) is 7.30. The highest BCUT2D eigenvalue weighted by Gasteiger charge is 2.21. The maximum Gasteiger partial charge on any atom is 0.306 e. The summed E-state index contributed by atoms with van der Waals surface area (Å²) < 4.78 is 34.1. The molecular weight excluding hydrogens is 1010 g/mol. The number of hydrogen-bond acceptors (Lipinski definition) is 8. The first-order chi connectivity index (χ1) is 39.0. The van der Waals surface area contributed by atoms with Crippen LogP contribution in [0.25, 0.3) is 0 Å². The number of phosphoric acid groups is 1. The van der Waals surface area contributed by atoms with Gasteiger partial charge in [0, 0.05) is 12.8 Å². The first-order valence-electron chi connectivity index (χ1n) is 30.5. The summed E-state index contributed by atoms with van der Waals surface area (Å²) in [6.45, 7) is 3.92. The van der Waals surface area contributed by atoms with E-state index < -0.39 is 32.5 Å². The lowest BCUT2D eigenvalue weighted by molar-refractivity contribution is -0.870. The second-order valence-electron chi connectivity index (χ2n) is 20.6. The minimum absolute atomic E-state index is 0.0500. The molecule has 0 fully saturated rings. The zero-order chi connectivity index (χ0) is 58.4. The van der Waals surface area contributed by atoms with Gasteiger partial charge < -0.3 is 27.9 Å². The third-order valence-electron chi connectivity index (χ3n) is 11.9. The smallest absolute Gasteiger partial charge is 0.306 e. The normalized spacial score (nSPS) is 14.5. The number of carbonyl (C=O) groups excluding carboxylic acids is 2. The van der Waals surface area contributed by atoms with Crippen LogP contribution in [0.15, 0.2) is 182 Å². The lowest BCUT2D eigenvalue weighted by Crippen LogP contribution is -2.37. The van der Waals surface area contributed by atoms with Crippen molar-refractivity contribution in [2.24, 2.45) is 0 Å². The minimum Gasteiger partial charge on any atom is -0.756 e. The fraction of sp³-hybridized carbons (Fsp3) is 0.543. The van der Waals surface area contributed by atoms with Gasteiger partial charge in [-0.05, 0) is 135 Å². The van der Waals surface area contributed by atoms with Gasteiger partial charge in [0.05, 0.1) is 27.7 Å². The van der Waals surface area contributed by atoms with Gasteiger partial charge in [0.2, 0.25) is 0 Å². The first kappa shape index (κ1) is 75.1. The second kappa shape index (κ2) is 58.8. The van der Waals surface area contributed by atoms with Crippen molar-refractivity contribution in [3.8, 4) is 0 Å². The molecule has 0 heterocycles. The topological polar surface area (TPSA) is 111 Å². The zero-order valence-electron chi connectivity index (χ0n) is 50.7. The SMILES string of the molecule is CC/C=C\C/C=C\C/C=C\C/C=C\C/C=C\C/C=C\C/C=C\C/C=C\C/C=C\C/C=C\C/C=C\CCCCCCCC(=O)OC(COC(=O)CCCCCC/C=C\C/C=C\C/C=C\C/C=C\CC)COP(=O)([O-])OCC[N+](C)(C)C. The van der Waals surface area contributed by atoms with Crippen LogP contribution in [0.3, 0.4) is 0 Å². The number of rotatable bonds is 53. The molecule has 2 unspecified atom stereocenters. The predicted octanol–water partition coefficient (Wildman–Crippen LogP) is 19.0. The Balaban J connectivity index is 4.24. The van der Waals surface area contributed by atoms with Crippen LogP contribution in [0, 0.1) is 0 Å². The van der Waals surface area contributed by atoms with Gasteiger partial charge in [-0.25, -0.2) is 0 Å². The summed E-state index contributed by atoms with van der Waals surface area (Å²) in [5.74, 6) is -0.901. The molecule has 0 aliphatic heterocycles. The summed E-state index contributed by atoms with van der Waals surface area (Å²) in [4.78, 5) is 37.9. The lowest BCUT2D eigenvalue weighted by Gasteiger charge is -2.28. The zero-order valence-corrected chi connectivity index (χ0v) is 51.6. The average Bonchev–Trinajstić information content (AvgIpc) is 3.42. The van der Waals surface area contributed by atoms with Gasteiger partial charge in [-0.3, -0.25) is 14.2 Å². The van der Waals surface area contributed by atoms with E-state index in [4.69, 9.17) is 18.5 Å². The lowest BCUT2D eigenvalue weighted by atomic mass is 10.1. The Labute approximate surface area is 489 Å². The maximum absolute atomic E-state index is 12.8. The summed E-state index contributed by atoms with van der Waals surface area (Å²) in [6.07, 6.45) is 90.9. The van der Waals surface area contributed by atoms with Crippen molar-refractivity contribution < 1.29 is 42.1 Å². The number of ether oxygens (including phenoxy) is 2. The molecule has 0 saturated heterocycles. The number of unbranched alkanes of at least 4 members (excludes halogenated alkanes) is 9. The van der Waals surface area contributed by atoms with Gasteiger partial charge in [0.15, 0.2) is 6.10 Å². The number of allylic oxidation sites excluding steroid dienone is 30. The summed E-state index contributed by atoms with van der Waals surface area (Å²) in [5, 5.41) is 0. The molecule has 2 atom stereocenters. The van der Waals surface area contributed by atoms with Crippen LogP contribution in [0.4, 0.5) is 0 Å². The number of phosphoric ester groups is 1. The molecule has 0 rings (SSSR count). The van der Waals surface area contributed by atoms with E-state index in [0.717, 1.165) is 154 Å². The van der Waals surface area contributed by atoms with Crippen molar-refractivity contribution in [2.45, 2.75) is 200 Å². The van der Waals surface area contributed by atoms with E-state index >= 15 is 0 Å². The summed E-state index contributed by atoms with van der Waals surface area (Å²) in [5.41, 5.74) is 0. The van der Waals surface area contributed by atoms with E-state index in [1.165, 1.54) is 0 Å². The molecule has 0 N–H and O–H groups in total. The number of nitrogens with zero attached hydrogens (tertiary/aromatic N) is 1. The van der Waals surface area contributed by atoms with Crippen molar-refractivity contribution in [3.63, 3.8) is 0 Å². The van der Waals surface area contributed by atoms with Crippen LogP contribution in [0.2, 0.25) is 0 Å². The molecule has 0 aromatic rings. The molecule has 0 aromatic heterocycles. The monoisotopic (exact) mass is 1120 g/mol. The number of likely N-dealkylation sites (N-methyl/N-ethyl adjacent to an activating group) is 1. The molecule has 9 nitrogen and oxygen atoms in total. The first-order valence-corrected chi connectivity index (χ1v) is 32.0. The highest BCUT2D eigenvalue weighted by Crippen LogP contribution is 2.38. The predicted molar refractivity (Wildman–Crippen MR) is 341 cm³/mol. The Kier molecular flexibility index (Phi) is 55.2. The van der Waals surface area contributed by atoms with Crippen LogP contribution < -0.4 is 4.89 Å². The summed E-state index contributed by atoms with van der Waals surface area (Å²) >= 11 is 0. The van der Waals surface area contributed by atoms with Gasteiger partial charge in [-0.15, -0.1) is 0 Å². The van der Waals surface area contributed by atoms with Crippen molar-refractivity contribution >= 4 is 19.8 Å². The standard InChI is InChI=1S/C70H110NO8P/c1-6-8-10-12-14-16-18-20-22-24-25-26-27-28-29-30-31-32-33-34-35-36-37-38-39-40-41-42-43-44-45-47-49-51-53-55-57-59-61-63-70(73)79-68(67-78-80(74,75)77-65-64-71(3,4)5)66-76-69(72)62-60-58-56-54-52-50-48-46-23-21-19-17-15-13-11-9-7-2/h8-11,14-17,20-23,25-26,28-29,31-32,34-35,37-38,40-41,43-44,47-50,68H,6-7,12-13,18-19,24,27,30,33,36,39,42,45-46,51-67H2,1-5H3/b10-8-,11-9-,16-14-,17-15-,22-20-,23-21-,26-25-,29-28-,32-31-,35-34-,38-37-,41-40-,44-43-,49-47-,50-48-. The van der Waals surface area contributed by atoms with Gasteiger partial charge >= 0.3 is 11.9 Å². The van der Waals surface area contributed by atoms with E-state index in [9.17, 15) is 19.0 Å². The molecule has 0 bridgehead atoms. The van der Waals surface area contributed by atoms with Crippen molar-refractivity contribution in [2.75, 3.05) is 47.5 Å². The largest absolute Gasteiger partial charge is 0.756 e. The highest BCUT2D eigenvalue weighted by atomic mass is 31.2. The molecule has 0 spiro atoms. The van der Waals surface area contributed by atoms with Crippen molar-refractivity contribution in [1.29, 1.82) is 0 Å². The molecule has 10 heteroatoms. The Morgan fingerprint density at radius 3 is 1.00 bits per heavy atom. The van der Waals surface area contributed by atoms with E-state index in [0.29, 0.717) is 23.9 Å². The van der Waals surface area contributed by atoms with Gasteiger partial charge in [0.1, 0.15) is 19.8 Å². The Morgan fingerprint density at radius 1 is 0.388 bits per heavy atom. The van der Waals surface area contributed by atoms with Crippen LogP contribution in [-0.2, 0) is 32.7 Å². The molecule has 0 aliphatic carbocycles. The molecule has 0 saturated carbocycles. The molecule has 0 aliphatic rings. The maximum atomic E-state index is 12.8. The molecule has 0 amide bonds. The summed E-state index contributed by atoms with van der Waals surface area (Å²) in [6, 6.07) is 0. The Morgan fingerprint density at radius 2 is 0.675 bits per heavy atom. The van der Waals surface area contributed by atoms with Crippen molar-refractivity contribution in [1.82, 2.24) is 0 Å². The van der Waals surface area contributed by atoms with Gasteiger partial charge in [-0.2, -0.15) is 0 Å². The van der Waals surface area contributed by atoms with Crippen LogP contribution in [-0.4, -0.2) is 70.0 Å². The third kappa shape index (κ3) is 62.3. The minimum atomic E-state index is -4.66. The van der Waals surface area contributed by atoms with Crippen LogP contribution in [0.5, 0.6) is 0 Å². The Bertz CT molecular complexity index is 2000. The second-order valence-corrected chi connectivity index (χ2v) is 22.0. The van der Waals surface area contributed by atoms with Crippen molar-refractivity contribution in [3.05, 3.63) is 182 Å². The van der Waals surface area contributed by atoms with E-state index in [1.807, 2.05) is 21.1 Å². The van der Waals surface area contributed by atoms with Crippen LogP contribution in [0.1, 0.15) is 194 Å². The molecule has 0 aromatic carbocycles. The van der Waals surface area contributed by atoms with Crippen LogP contribution >= 0.6 is 7.82 Å². The molecule has 0 radical (unpaired) electrons. The fourth-order valence-corrected chi connectivity index (χ4v) is 8.03. The highest BCUT2D eigenvalue weighted by molar-refractivity contribution is 7.45. The van der Waals surface area contributed by atoms with E-state index in [2.05, 4.69) is 196 Å².